The molecule has 3 aromatic carbocycles. The summed E-state index contributed by atoms with van der Waals surface area (Å²) in [5.41, 5.74) is 4.27. The lowest BCUT2D eigenvalue weighted by molar-refractivity contribution is -0.116. The molecule has 28 heavy (non-hydrogen) atoms. The first-order chi connectivity index (χ1) is 13.7. The van der Waals surface area contributed by atoms with Crippen molar-refractivity contribution in [3.05, 3.63) is 95.6 Å². The lowest BCUT2D eigenvalue weighted by Crippen LogP contribution is -2.28. The van der Waals surface area contributed by atoms with Crippen LogP contribution in [0.1, 0.15) is 16.7 Å². The van der Waals surface area contributed by atoms with Crippen molar-refractivity contribution in [1.29, 1.82) is 0 Å². The largest absolute Gasteiger partial charge is 0.497 e. The van der Waals surface area contributed by atoms with Crippen molar-refractivity contribution >= 4 is 35.1 Å². The van der Waals surface area contributed by atoms with Crippen molar-refractivity contribution in [3.63, 3.8) is 0 Å². The number of carbonyl (C=O) groups excluding carboxylic acids is 1. The summed E-state index contributed by atoms with van der Waals surface area (Å²) in [5.74, 6) is 2.30. The lowest BCUT2D eigenvalue weighted by atomic mass is 10.1. The molecule has 0 bridgehead atoms. The molecule has 0 aliphatic carbocycles. The molecule has 1 heterocycles. The number of anilines is 1. The second-order valence-corrected chi connectivity index (χ2v) is 9.17. The molecule has 3 nitrogen and oxygen atoms in total. The number of nitrogens with one attached hydrogen (secondary N) is 1. The maximum Gasteiger partial charge on any atom is 0.255 e. The smallest absolute Gasteiger partial charge is 0.255 e. The summed E-state index contributed by atoms with van der Waals surface area (Å²) in [6, 6.07) is 26.4. The summed E-state index contributed by atoms with van der Waals surface area (Å²) in [5, 5.41) is 3.07. The number of rotatable bonds is 7. The predicted octanol–water partition coefficient (Wildman–Crippen LogP) is 5.67. The van der Waals surface area contributed by atoms with E-state index in [0.29, 0.717) is 0 Å². The fourth-order valence-corrected chi connectivity index (χ4v) is 6.06. The van der Waals surface area contributed by atoms with Crippen LogP contribution in [0.15, 0.2) is 78.9 Å². The number of hydrogen-bond acceptors (Lipinski definition) is 4. The van der Waals surface area contributed by atoms with Crippen LogP contribution in [0.4, 0.5) is 5.69 Å². The third-order valence-corrected chi connectivity index (χ3v) is 7.98. The van der Waals surface area contributed by atoms with E-state index in [9.17, 15) is 4.79 Å². The summed E-state index contributed by atoms with van der Waals surface area (Å²) >= 11 is 3.36. The highest BCUT2D eigenvalue weighted by molar-refractivity contribution is 8.18. The minimum absolute atomic E-state index is 0.0256. The molecule has 0 fully saturated rings. The van der Waals surface area contributed by atoms with Crippen LogP contribution in [-0.2, 0) is 20.4 Å². The third-order valence-electron chi connectivity index (χ3n) is 4.70. The number of thioether (sulfide) groups is 2. The lowest BCUT2D eigenvalue weighted by Gasteiger charge is -2.26. The monoisotopic (exact) mass is 407 g/mol. The van der Waals surface area contributed by atoms with Gasteiger partial charge < -0.3 is 10.1 Å². The highest BCUT2D eigenvalue weighted by Gasteiger charge is 2.48. The first-order valence-electron chi connectivity index (χ1n) is 9.07. The Morgan fingerprint density at radius 1 is 0.857 bits per heavy atom. The van der Waals surface area contributed by atoms with Gasteiger partial charge in [-0.05, 0) is 17.2 Å². The van der Waals surface area contributed by atoms with Gasteiger partial charge in [0.1, 0.15) is 5.75 Å². The van der Waals surface area contributed by atoms with Crippen LogP contribution in [0, 0.1) is 0 Å². The van der Waals surface area contributed by atoms with Crippen LogP contribution < -0.4 is 10.1 Å². The van der Waals surface area contributed by atoms with Gasteiger partial charge in [-0.1, -0.05) is 66.7 Å². The number of benzene rings is 3. The Balaban J connectivity index is 1.66. The normalized spacial score (nSPS) is 14.4. The molecule has 5 heteroatoms. The minimum Gasteiger partial charge on any atom is -0.497 e. The van der Waals surface area contributed by atoms with Crippen molar-refractivity contribution in [2.45, 2.75) is 15.6 Å². The van der Waals surface area contributed by atoms with Gasteiger partial charge in [0, 0.05) is 23.1 Å². The third kappa shape index (κ3) is 3.77. The Morgan fingerprint density at radius 3 is 1.96 bits per heavy atom. The summed E-state index contributed by atoms with van der Waals surface area (Å²) in [6.45, 7) is 0. The van der Waals surface area contributed by atoms with Gasteiger partial charge >= 0.3 is 0 Å². The van der Waals surface area contributed by atoms with Crippen LogP contribution in [0.3, 0.4) is 0 Å². The Hall–Kier alpha value is -2.37. The van der Waals surface area contributed by atoms with Gasteiger partial charge in [-0.2, -0.15) is 0 Å². The molecule has 0 saturated heterocycles. The number of hydrogen-bond donors (Lipinski definition) is 1. The van der Waals surface area contributed by atoms with E-state index in [2.05, 4.69) is 29.6 Å². The van der Waals surface area contributed by atoms with Crippen molar-refractivity contribution in [2.24, 2.45) is 0 Å². The summed E-state index contributed by atoms with van der Waals surface area (Å²) in [4.78, 5) is 13.2. The van der Waals surface area contributed by atoms with Gasteiger partial charge in [-0.25, -0.2) is 0 Å². The zero-order chi connectivity index (χ0) is 19.4. The number of carbonyl (C=O) groups is 1. The van der Waals surface area contributed by atoms with Crippen LogP contribution >= 0.6 is 23.5 Å². The molecule has 1 N–H and O–H groups in total. The van der Waals surface area contributed by atoms with Crippen molar-refractivity contribution in [1.82, 2.24) is 0 Å². The van der Waals surface area contributed by atoms with Crippen molar-refractivity contribution < 1.29 is 9.53 Å². The van der Waals surface area contributed by atoms with Crippen LogP contribution in [0.2, 0.25) is 0 Å². The first-order valence-corrected chi connectivity index (χ1v) is 11.0. The van der Waals surface area contributed by atoms with Gasteiger partial charge in [0.15, 0.2) is 4.08 Å². The maximum absolute atomic E-state index is 13.2. The van der Waals surface area contributed by atoms with Gasteiger partial charge in [-0.15, -0.1) is 23.5 Å². The van der Waals surface area contributed by atoms with Crippen molar-refractivity contribution in [2.75, 3.05) is 12.4 Å². The van der Waals surface area contributed by atoms with Gasteiger partial charge in [0.2, 0.25) is 0 Å². The molecule has 0 unspecified atom stereocenters. The molecule has 142 valence electrons. The van der Waals surface area contributed by atoms with Gasteiger partial charge in [-0.3, -0.25) is 4.79 Å². The molecule has 0 atom stereocenters. The minimum atomic E-state index is -0.687. The molecule has 1 aliphatic heterocycles. The van der Waals surface area contributed by atoms with E-state index in [1.54, 1.807) is 30.6 Å². The van der Waals surface area contributed by atoms with Crippen LogP contribution in [-0.4, -0.2) is 13.0 Å². The van der Waals surface area contributed by atoms with E-state index >= 15 is 0 Å². The molecule has 4 rings (SSSR count). The Labute approximate surface area is 173 Å². The Morgan fingerprint density at radius 2 is 1.43 bits per heavy atom. The van der Waals surface area contributed by atoms with E-state index < -0.39 is 4.08 Å². The first kappa shape index (κ1) is 19.0. The summed E-state index contributed by atoms with van der Waals surface area (Å²) < 4.78 is 4.65. The zero-order valence-electron chi connectivity index (χ0n) is 15.6. The molecule has 0 aromatic heterocycles. The summed E-state index contributed by atoms with van der Waals surface area (Å²) in [6.07, 6.45) is 0. The van der Waals surface area contributed by atoms with Crippen molar-refractivity contribution in [3.8, 4) is 5.75 Å². The standard InChI is InChI=1S/C23H21NO2S2/c1-26-19-12-13-20-21(14-19)24-22(25)23(20,27-15-17-8-4-2-5-9-17)28-16-18-10-6-3-7-11-18/h2-14H,15-16H2,1H3,(H,24,25). The molecule has 0 saturated carbocycles. The molecule has 3 aromatic rings. The topological polar surface area (TPSA) is 38.3 Å². The molecular weight excluding hydrogens is 386 g/mol. The van der Waals surface area contributed by atoms with Gasteiger partial charge in [0.25, 0.3) is 5.91 Å². The molecular formula is C23H21NO2S2. The van der Waals surface area contributed by atoms with Gasteiger partial charge in [0.05, 0.1) is 12.8 Å². The zero-order valence-corrected chi connectivity index (χ0v) is 17.2. The van der Waals surface area contributed by atoms with E-state index in [1.807, 2.05) is 54.6 Å². The maximum atomic E-state index is 13.2. The van der Waals surface area contributed by atoms with E-state index in [-0.39, 0.29) is 5.91 Å². The second kappa shape index (κ2) is 8.33. The van der Waals surface area contributed by atoms with Crippen LogP contribution in [0.5, 0.6) is 5.75 Å². The number of amides is 1. The predicted molar refractivity (Wildman–Crippen MR) is 119 cm³/mol. The van der Waals surface area contributed by atoms with Crippen LogP contribution in [0.25, 0.3) is 0 Å². The average molecular weight is 408 g/mol. The number of fused-ring (bicyclic) bond motifs is 1. The molecule has 1 aliphatic rings. The Bertz CT molecular complexity index is 917. The highest BCUT2D eigenvalue weighted by Crippen LogP contribution is 2.55. The molecule has 0 spiro atoms. The summed E-state index contributed by atoms with van der Waals surface area (Å²) in [7, 11) is 1.64. The second-order valence-electron chi connectivity index (χ2n) is 6.53. The molecule has 1 amide bonds. The number of methoxy groups -OCH3 is 1. The number of ether oxygens (including phenoxy) is 1. The average Bonchev–Trinajstić information content (AvgIpc) is 3.03. The van der Waals surface area contributed by atoms with E-state index in [1.165, 1.54) is 11.1 Å². The fourth-order valence-electron chi connectivity index (χ4n) is 3.21. The fraction of sp³-hybridized carbons (Fsp3) is 0.174. The quantitative estimate of drug-likeness (QED) is 0.512. The highest BCUT2D eigenvalue weighted by atomic mass is 32.2. The van der Waals surface area contributed by atoms with E-state index in [4.69, 9.17) is 4.74 Å². The van der Waals surface area contributed by atoms with E-state index in [0.717, 1.165) is 28.5 Å². The Kier molecular flexibility index (Phi) is 5.64. The SMILES string of the molecule is COc1ccc2c(c1)NC(=O)C2(SCc1ccccc1)SCc1ccccc1. The molecule has 0 radical (unpaired) electrons.